The molecule has 1 aromatic carbocycles. The number of aryl methyl sites for hydroxylation is 1. The fraction of sp³-hybridized carbons (Fsp3) is 0.500. The summed E-state index contributed by atoms with van der Waals surface area (Å²) in [6.07, 6.45) is 4.34. The lowest BCUT2D eigenvalue weighted by Gasteiger charge is -2.16. The Labute approximate surface area is 161 Å². The van der Waals surface area contributed by atoms with Crippen molar-refractivity contribution in [1.29, 1.82) is 0 Å². The molecule has 1 amide bonds. The van der Waals surface area contributed by atoms with E-state index in [2.05, 4.69) is 19.2 Å². The number of fused-ring (bicyclic) bond motifs is 1. The van der Waals surface area contributed by atoms with Crippen LogP contribution in [0.5, 0.6) is 0 Å². The quantitative estimate of drug-likeness (QED) is 0.671. The van der Waals surface area contributed by atoms with Gasteiger partial charge in [0.1, 0.15) is 0 Å². The molecule has 0 saturated carbocycles. The molecule has 0 saturated heterocycles. The van der Waals surface area contributed by atoms with E-state index in [-0.39, 0.29) is 18.6 Å². The molecule has 1 aromatic heterocycles. The highest BCUT2D eigenvalue weighted by atomic mass is 16.5. The van der Waals surface area contributed by atoms with Gasteiger partial charge in [-0.05, 0) is 37.8 Å². The lowest BCUT2D eigenvalue weighted by molar-refractivity contribution is -0.124. The number of benzene rings is 1. The summed E-state index contributed by atoms with van der Waals surface area (Å²) in [7, 11) is 0. The Hall–Kier alpha value is -2.43. The zero-order valence-electron chi connectivity index (χ0n) is 16.8. The number of amides is 1. The molecule has 1 unspecified atom stereocenters. The molecule has 0 radical (unpaired) electrons. The second-order valence-corrected chi connectivity index (χ2v) is 6.87. The van der Waals surface area contributed by atoms with Crippen LogP contribution in [0.3, 0.4) is 0 Å². The summed E-state index contributed by atoms with van der Waals surface area (Å²) in [5.41, 5.74) is 3.18. The lowest BCUT2D eigenvalue weighted by atomic mass is 9.96. The fourth-order valence-corrected chi connectivity index (χ4v) is 3.38. The number of nitrogens with zero attached hydrogens (tertiary/aromatic N) is 1. The molecule has 27 heavy (non-hydrogen) atoms. The van der Waals surface area contributed by atoms with Gasteiger partial charge in [-0.1, -0.05) is 51.8 Å². The van der Waals surface area contributed by atoms with Crippen molar-refractivity contribution in [2.75, 3.05) is 6.61 Å². The Kier molecular flexibility index (Phi) is 7.77. The third-order valence-corrected chi connectivity index (χ3v) is 4.59. The number of nitrogens with one attached hydrogen (secondary N) is 1. The Morgan fingerprint density at radius 1 is 1.15 bits per heavy atom. The number of ether oxygens (including phenoxy) is 1. The number of aromatic nitrogens is 1. The van der Waals surface area contributed by atoms with E-state index in [1.165, 1.54) is 0 Å². The minimum Gasteiger partial charge on any atom is -0.452 e. The topological polar surface area (TPSA) is 68.3 Å². The molecule has 0 spiro atoms. The van der Waals surface area contributed by atoms with Gasteiger partial charge in [-0.3, -0.25) is 9.78 Å². The minimum absolute atomic E-state index is 0.0744. The summed E-state index contributed by atoms with van der Waals surface area (Å²) in [5.74, 6) is -0.726. The van der Waals surface area contributed by atoms with Crippen LogP contribution in [0.2, 0.25) is 0 Å². The van der Waals surface area contributed by atoms with Crippen LogP contribution in [0.15, 0.2) is 24.3 Å². The molecule has 146 valence electrons. The van der Waals surface area contributed by atoms with Gasteiger partial charge in [-0.25, -0.2) is 4.79 Å². The number of para-hydroxylation sites is 1. The molecular formula is C22H30N2O3. The summed E-state index contributed by atoms with van der Waals surface area (Å²) in [6.45, 7) is 7.86. The van der Waals surface area contributed by atoms with Gasteiger partial charge >= 0.3 is 5.97 Å². The predicted molar refractivity (Wildman–Crippen MR) is 108 cm³/mol. The van der Waals surface area contributed by atoms with Crippen molar-refractivity contribution in [2.45, 2.75) is 65.8 Å². The Bertz CT molecular complexity index is 801. The monoisotopic (exact) mass is 370 g/mol. The van der Waals surface area contributed by atoms with E-state index in [4.69, 9.17) is 9.72 Å². The molecule has 0 aliphatic rings. The summed E-state index contributed by atoms with van der Waals surface area (Å²) in [4.78, 5) is 29.7. The van der Waals surface area contributed by atoms with Crippen molar-refractivity contribution in [3.8, 4) is 0 Å². The number of hydrogen-bond donors (Lipinski definition) is 1. The van der Waals surface area contributed by atoms with Gasteiger partial charge in [-0.2, -0.15) is 0 Å². The number of rotatable bonds is 9. The fourth-order valence-electron chi connectivity index (χ4n) is 3.38. The van der Waals surface area contributed by atoms with Gasteiger partial charge < -0.3 is 10.1 Å². The molecule has 5 nitrogen and oxygen atoms in total. The van der Waals surface area contributed by atoms with Gasteiger partial charge in [-0.15, -0.1) is 0 Å². The first kappa shape index (κ1) is 20.9. The average Bonchev–Trinajstić information content (AvgIpc) is 2.65. The third-order valence-electron chi connectivity index (χ3n) is 4.59. The maximum Gasteiger partial charge on any atom is 0.339 e. The smallest absolute Gasteiger partial charge is 0.339 e. The second-order valence-electron chi connectivity index (χ2n) is 6.87. The summed E-state index contributed by atoms with van der Waals surface area (Å²) in [6, 6.07) is 7.67. The lowest BCUT2D eigenvalue weighted by Crippen LogP contribution is -2.35. The highest BCUT2D eigenvalue weighted by Gasteiger charge is 2.21. The van der Waals surface area contributed by atoms with E-state index in [0.29, 0.717) is 12.0 Å². The van der Waals surface area contributed by atoms with Crippen LogP contribution in [0.25, 0.3) is 10.9 Å². The first-order valence-electron chi connectivity index (χ1n) is 9.88. The molecule has 2 rings (SSSR count). The van der Waals surface area contributed by atoms with Gasteiger partial charge in [0.25, 0.3) is 5.91 Å². The van der Waals surface area contributed by atoms with Crippen LogP contribution < -0.4 is 5.32 Å². The van der Waals surface area contributed by atoms with Crippen LogP contribution in [0, 0.1) is 0 Å². The zero-order chi connectivity index (χ0) is 19.8. The van der Waals surface area contributed by atoms with Crippen LogP contribution in [0.1, 0.15) is 68.6 Å². The maximum atomic E-state index is 12.9. The molecule has 0 aliphatic carbocycles. The van der Waals surface area contributed by atoms with Crippen molar-refractivity contribution in [3.63, 3.8) is 0 Å². The molecular weight excluding hydrogens is 340 g/mol. The highest BCUT2D eigenvalue weighted by molar-refractivity contribution is 6.05. The van der Waals surface area contributed by atoms with Gasteiger partial charge in [0.2, 0.25) is 0 Å². The SMILES string of the molecule is CCCc1nc2ccccc2c(C(=O)OCC(=O)NC(C)CCC)c1CC. The summed E-state index contributed by atoms with van der Waals surface area (Å²) >= 11 is 0. The summed E-state index contributed by atoms with van der Waals surface area (Å²) < 4.78 is 5.37. The van der Waals surface area contributed by atoms with E-state index in [1.54, 1.807) is 0 Å². The molecule has 1 heterocycles. The van der Waals surface area contributed by atoms with E-state index < -0.39 is 5.97 Å². The second kappa shape index (κ2) is 10.0. The van der Waals surface area contributed by atoms with Gasteiger partial charge in [0.05, 0.1) is 11.1 Å². The Morgan fingerprint density at radius 2 is 1.89 bits per heavy atom. The Balaban J connectivity index is 2.27. The number of carbonyl (C=O) groups is 2. The number of carbonyl (C=O) groups excluding carboxylic acids is 2. The maximum absolute atomic E-state index is 12.9. The number of pyridine rings is 1. The van der Waals surface area contributed by atoms with Crippen LogP contribution in [-0.2, 0) is 22.4 Å². The van der Waals surface area contributed by atoms with Gasteiger partial charge in [0, 0.05) is 17.1 Å². The van der Waals surface area contributed by atoms with Crippen LogP contribution in [0.4, 0.5) is 0 Å². The first-order chi connectivity index (χ1) is 13.0. The number of esters is 1. The van der Waals surface area contributed by atoms with Crippen molar-refractivity contribution >= 4 is 22.8 Å². The third kappa shape index (κ3) is 5.28. The first-order valence-corrected chi connectivity index (χ1v) is 9.88. The largest absolute Gasteiger partial charge is 0.452 e. The van der Waals surface area contributed by atoms with Crippen molar-refractivity contribution in [3.05, 3.63) is 41.1 Å². The minimum atomic E-state index is -0.457. The molecule has 5 heteroatoms. The highest BCUT2D eigenvalue weighted by Crippen LogP contribution is 2.26. The Morgan fingerprint density at radius 3 is 2.56 bits per heavy atom. The summed E-state index contributed by atoms with van der Waals surface area (Å²) in [5, 5.41) is 3.63. The van der Waals surface area contributed by atoms with Crippen molar-refractivity contribution in [1.82, 2.24) is 10.3 Å². The standard InChI is InChI=1S/C22H30N2O3/c1-5-10-15(4)23-20(25)14-27-22(26)21-16(7-3)18(11-6-2)24-19-13-9-8-12-17(19)21/h8-9,12-13,15H,5-7,10-11,14H2,1-4H3,(H,23,25). The van der Waals surface area contributed by atoms with Crippen molar-refractivity contribution < 1.29 is 14.3 Å². The van der Waals surface area contributed by atoms with Crippen LogP contribution in [-0.4, -0.2) is 29.5 Å². The zero-order valence-corrected chi connectivity index (χ0v) is 16.8. The predicted octanol–water partition coefficient (Wildman–Crippen LogP) is 4.21. The van der Waals surface area contributed by atoms with E-state index in [1.807, 2.05) is 38.1 Å². The van der Waals surface area contributed by atoms with E-state index >= 15 is 0 Å². The molecule has 1 N–H and O–H groups in total. The van der Waals surface area contributed by atoms with Crippen LogP contribution >= 0.6 is 0 Å². The van der Waals surface area contributed by atoms with E-state index in [0.717, 1.165) is 47.8 Å². The molecule has 0 fully saturated rings. The normalized spacial score (nSPS) is 12.0. The number of hydrogen-bond acceptors (Lipinski definition) is 4. The van der Waals surface area contributed by atoms with Crippen molar-refractivity contribution in [2.24, 2.45) is 0 Å². The molecule has 2 aromatic rings. The average molecular weight is 370 g/mol. The van der Waals surface area contributed by atoms with Gasteiger partial charge in [0.15, 0.2) is 6.61 Å². The van der Waals surface area contributed by atoms with E-state index in [9.17, 15) is 9.59 Å². The molecule has 0 bridgehead atoms. The molecule has 1 atom stereocenters. The molecule has 0 aliphatic heterocycles.